The van der Waals surface area contributed by atoms with Crippen molar-refractivity contribution in [1.29, 1.82) is 0 Å². The van der Waals surface area contributed by atoms with E-state index in [1.54, 1.807) is 62.6 Å². The van der Waals surface area contributed by atoms with Gasteiger partial charge in [-0.1, -0.05) is 70.9 Å². The minimum Gasteiger partial charge on any atom is -0.497 e. The number of carboxylic acids is 1. The number of allylic oxidation sites excluding steroid dienone is 1. The lowest BCUT2D eigenvalue weighted by molar-refractivity contribution is -0.147. The fourth-order valence-corrected chi connectivity index (χ4v) is 11.3. The number of hydrogen-bond donors (Lipinski definition) is 4. The number of ether oxygens (including phenoxy) is 3. The van der Waals surface area contributed by atoms with Gasteiger partial charge in [0, 0.05) is 47.3 Å². The molecule has 1 unspecified atom stereocenters. The predicted molar refractivity (Wildman–Crippen MR) is 259 cm³/mol. The van der Waals surface area contributed by atoms with Crippen LogP contribution in [-0.2, 0) is 35.6 Å². The molecule has 366 valence electrons. The summed E-state index contributed by atoms with van der Waals surface area (Å²) in [6.07, 6.45) is 3.81. The number of aliphatic carboxylic acids is 1. The molecule has 5 atom stereocenters. The molecule has 3 aliphatic heterocycles. The van der Waals surface area contributed by atoms with Crippen LogP contribution in [0.4, 0.5) is 9.93 Å². The van der Waals surface area contributed by atoms with Gasteiger partial charge in [0.1, 0.15) is 41.5 Å². The Morgan fingerprint density at radius 2 is 1.84 bits per heavy atom. The number of hydrogen-bond acceptors (Lipinski definition) is 13. The number of fused-ring (bicyclic) bond motifs is 3. The number of methoxy groups -OCH3 is 1. The third-order valence-electron chi connectivity index (χ3n) is 12.7. The summed E-state index contributed by atoms with van der Waals surface area (Å²) in [6, 6.07) is 11.8. The Morgan fingerprint density at radius 3 is 2.56 bits per heavy atom. The van der Waals surface area contributed by atoms with E-state index in [0.717, 1.165) is 10.7 Å². The molecule has 2 aromatic heterocycles. The summed E-state index contributed by atoms with van der Waals surface area (Å²) in [4.78, 5) is 67.7. The third kappa shape index (κ3) is 11.2. The second kappa shape index (κ2) is 20.8. The molecule has 17 nitrogen and oxygen atoms in total. The molecule has 2 aromatic carbocycles. The van der Waals surface area contributed by atoms with Gasteiger partial charge < -0.3 is 40.2 Å². The van der Waals surface area contributed by atoms with E-state index in [1.165, 1.54) is 26.6 Å². The van der Waals surface area contributed by atoms with Crippen LogP contribution in [0.2, 0.25) is 0 Å². The number of nitrogens with one attached hydrogen (secondary N) is 3. The highest BCUT2D eigenvalue weighted by Crippen LogP contribution is 2.37. The zero-order chi connectivity index (χ0) is 49.0. The third-order valence-corrected chi connectivity index (χ3v) is 15.5. The fraction of sp³-hybridized carbons (Fsp3) is 0.510. The number of aromatic nitrogens is 2. The monoisotopic (exact) mass is 973 g/mol. The van der Waals surface area contributed by atoms with E-state index in [-0.39, 0.29) is 49.8 Å². The van der Waals surface area contributed by atoms with Gasteiger partial charge in [-0.05, 0) is 69.7 Å². The molecule has 0 radical (unpaired) electrons. The lowest BCUT2D eigenvalue weighted by Crippen LogP contribution is -2.59. The number of pyridine rings is 1. The fourth-order valence-electron chi connectivity index (χ4n) is 8.78. The first-order valence-electron chi connectivity index (χ1n) is 23.3. The molecular weight excluding hydrogens is 911 g/mol. The van der Waals surface area contributed by atoms with Crippen molar-refractivity contribution in [2.24, 2.45) is 5.41 Å². The minimum atomic E-state index is -3.88. The maximum absolute atomic E-state index is 15.0. The lowest BCUT2D eigenvalue weighted by Gasteiger charge is -2.36. The highest BCUT2D eigenvalue weighted by molar-refractivity contribution is 7.89. The molecule has 1 saturated heterocycles. The Hall–Kier alpha value is -5.79. The number of benzene rings is 2. The van der Waals surface area contributed by atoms with Crippen molar-refractivity contribution in [3.8, 4) is 22.9 Å². The molecule has 0 spiro atoms. The van der Waals surface area contributed by atoms with Crippen molar-refractivity contribution in [2.75, 3.05) is 32.1 Å². The lowest BCUT2D eigenvalue weighted by atomic mass is 9.89. The number of alkyl carbamates (subject to hydrolysis) is 1. The van der Waals surface area contributed by atoms with Gasteiger partial charge in [0.2, 0.25) is 21.8 Å². The van der Waals surface area contributed by atoms with Crippen molar-refractivity contribution >= 4 is 61.3 Å². The Kier molecular flexibility index (Phi) is 15.3. The van der Waals surface area contributed by atoms with Crippen LogP contribution in [0.15, 0.2) is 71.0 Å². The van der Waals surface area contributed by atoms with Gasteiger partial charge in [0.05, 0.1) is 36.3 Å². The van der Waals surface area contributed by atoms with E-state index in [2.05, 4.69) is 16.0 Å². The molecule has 5 heterocycles. The van der Waals surface area contributed by atoms with Gasteiger partial charge in [-0.15, -0.1) is 11.3 Å². The van der Waals surface area contributed by atoms with Gasteiger partial charge in [-0.3, -0.25) is 9.59 Å². The number of thiazole rings is 1. The predicted octanol–water partition coefficient (Wildman–Crippen LogP) is 7.16. The number of rotatable bonds is 12. The van der Waals surface area contributed by atoms with E-state index in [1.807, 2.05) is 46.1 Å². The zero-order valence-electron chi connectivity index (χ0n) is 39.7. The maximum atomic E-state index is 15.0. The molecule has 3 aliphatic rings. The van der Waals surface area contributed by atoms with Crippen LogP contribution in [-0.4, -0.2) is 119 Å². The van der Waals surface area contributed by atoms with E-state index >= 15 is 4.79 Å². The van der Waals surface area contributed by atoms with Crippen LogP contribution < -0.4 is 25.4 Å². The molecule has 68 heavy (non-hydrogen) atoms. The second-order valence-corrected chi connectivity index (χ2v) is 21.8. The number of amides is 3. The van der Waals surface area contributed by atoms with Crippen LogP contribution in [0.1, 0.15) is 92.1 Å². The van der Waals surface area contributed by atoms with Crippen molar-refractivity contribution < 1.29 is 46.9 Å². The van der Waals surface area contributed by atoms with Gasteiger partial charge in [-0.25, -0.2) is 28.0 Å². The summed E-state index contributed by atoms with van der Waals surface area (Å²) in [5, 5.41) is 22.7. The van der Waals surface area contributed by atoms with Gasteiger partial charge in [-0.2, -0.15) is 4.31 Å². The molecule has 3 amide bonds. The van der Waals surface area contributed by atoms with Crippen molar-refractivity contribution in [2.45, 2.75) is 134 Å². The first-order chi connectivity index (χ1) is 32.3. The van der Waals surface area contributed by atoms with E-state index < -0.39 is 69.1 Å². The summed E-state index contributed by atoms with van der Waals surface area (Å²) in [6.45, 7) is 11.3. The van der Waals surface area contributed by atoms with E-state index in [4.69, 9.17) is 24.2 Å². The average molecular weight is 974 g/mol. The normalized spacial score (nSPS) is 23.4. The Bertz CT molecular complexity index is 2650. The second-order valence-electron chi connectivity index (χ2n) is 19.0. The zero-order valence-corrected chi connectivity index (χ0v) is 41.4. The quantitative estimate of drug-likeness (QED) is 0.104. The van der Waals surface area contributed by atoms with Crippen LogP contribution in [0, 0.1) is 5.41 Å². The largest absolute Gasteiger partial charge is 0.497 e. The Morgan fingerprint density at radius 1 is 1.06 bits per heavy atom. The summed E-state index contributed by atoms with van der Waals surface area (Å²) >= 11 is 1.44. The van der Waals surface area contributed by atoms with Crippen LogP contribution >= 0.6 is 11.3 Å². The van der Waals surface area contributed by atoms with Gasteiger partial charge >= 0.3 is 12.1 Å². The highest BCUT2D eigenvalue weighted by Gasteiger charge is 2.47. The summed E-state index contributed by atoms with van der Waals surface area (Å²) in [7, 11) is -2.32. The van der Waals surface area contributed by atoms with Crippen molar-refractivity contribution in [1.82, 2.24) is 29.8 Å². The molecule has 1 fully saturated rings. The molecule has 7 rings (SSSR count). The van der Waals surface area contributed by atoms with Crippen LogP contribution in [0.25, 0.3) is 22.3 Å². The summed E-state index contributed by atoms with van der Waals surface area (Å²) < 4.78 is 47.2. The van der Waals surface area contributed by atoms with Crippen LogP contribution in [0.5, 0.6) is 11.5 Å². The highest BCUT2D eigenvalue weighted by atomic mass is 32.2. The standard InChI is InChI=1S/C49H63N7O10S2/c1-8-49(45(59)60)22-15-11-9-10-12-17-35(53-47(61)66-42(48(4,5)6)28-55-23-21-31-16-13-14-18-41(31)68(55,62)63)44(58)56-27-33(25-39(56)43(57)54-49)65-40-26-37(38-29-67-46(52-38)50-30(2)3)51-36-24-32(64-7)19-20-34(36)40/h13-16,18-20,22,24,26,29-30,33,35,39,42H,8-12,17,21,23,25,27-28H2,1-7H3,(H,50,52)(H,53,61)(H,54,57)(H,59,60)/b22-15-/t33-,35+,39+,42?,49-/m1/s1. The summed E-state index contributed by atoms with van der Waals surface area (Å²) in [5.74, 6) is -1.50. The molecule has 19 heteroatoms. The molecule has 0 aliphatic carbocycles. The molecular formula is C49H63N7O10S2. The maximum Gasteiger partial charge on any atom is 0.408 e. The van der Waals surface area contributed by atoms with Gasteiger partial charge in [0.25, 0.3) is 0 Å². The first kappa shape index (κ1) is 50.1. The van der Waals surface area contributed by atoms with E-state index in [0.29, 0.717) is 65.9 Å². The molecule has 4 N–H and O–H groups in total. The van der Waals surface area contributed by atoms with E-state index in [9.17, 15) is 27.9 Å². The van der Waals surface area contributed by atoms with Crippen molar-refractivity contribution in [3.63, 3.8) is 0 Å². The smallest absolute Gasteiger partial charge is 0.408 e. The number of carbonyl (C=O) groups excluding carboxylic acids is 3. The number of nitrogens with zero attached hydrogens (tertiary/aromatic N) is 4. The summed E-state index contributed by atoms with van der Waals surface area (Å²) in [5.41, 5.74) is -0.0208. The molecule has 4 aromatic rings. The number of carboxylic acid groups (broad SMARTS) is 1. The molecule has 0 saturated carbocycles. The number of anilines is 1. The SMILES string of the molecule is CC[C@]1(C(=O)O)/C=C\CCCCC[C@H](NC(=O)OC(CN2CCc3ccccc3S2(=O)=O)C(C)(C)C)C(=O)N2C[C@H](Oc3cc(-c4csc(NC(C)C)n4)nc4cc(OC)ccc34)C[C@H]2C(=O)N1. The minimum absolute atomic E-state index is 0.00807. The number of sulfonamides is 1. The first-order valence-corrected chi connectivity index (χ1v) is 25.6. The topological polar surface area (TPSA) is 219 Å². The van der Waals surface area contributed by atoms with Crippen LogP contribution in [0.3, 0.4) is 0 Å². The average Bonchev–Trinajstić information content (AvgIpc) is 3.94. The molecule has 0 bridgehead atoms. The Labute approximate surface area is 402 Å². The number of carbonyl (C=O) groups is 4. The Balaban J connectivity index is 1.19. The van der Waals surface area contributed by atoms with Crippen molar-refractivity contribution in [3.05, 3.63) is 71.6 Å². The van der Waals surface area contributed by atoms with Gasteiger partial charge in [0.15, 0.2) is 10.7 Å².